The fraction of sp³-hybridized carbons (Fsp3) is 0.647. The summed E-state index contributed by atoms with van der Waals surface area (Å²) in [5, 5.41) is 10.7. The second-order valence-corrected chi connectivity index (χ2v) is 6.09. The lowest BCUT2D eigenvalue weighted by molar-refractivity contribution is 0.0549. The summed E-state index contributed by atoms with van der Waals surface area (Å²) in [5.41, 5.74) is 2.91. The zero-order valence-electron chi connectivity index (χ0n) is 11.1. The minimum absolute atomic E-state index is 0.105. The van der Waals surface area contributed by atoms with Gasteiger partial charge in [0.1, 0.15) is 0 Å². The van der Waals surface area contributed by atoms with Crippen LogP contribution in [0.15, 0.2) is 24.3 Å². The van der Waals surface area contributed by atoms with Crippen molar-refractivity contribution in [2.45, 2.75) is 63.4 Å². The zero-order chi connectivity index (χ0) is 12.4. The van der Waals surface area contributed by atoms with Crippen molar-refractivity contribution in [2.75, 3.05) is 0 Å². The van der Waals surface area contributed by atoms with Crippen LogP contribution in [0.4, 0.5) is 0 Å². The first kappa shape index (κ1) is 12.2. The molecule has 1 N–H and O–H groups in total. The topological polar surface area (TPSA) is 20.2 Å². The van der Waals surface area contributed by atoms with Crippen LogP contribution < -0.4 is 0 Å². The van der Waals surface area contributed by atoms with Crippen molar-refractivity contribution in [3.05, 3.63) is 35.4 Å². The van der Waals surface area contributed by atoms with Crippen molar-refractivity contribution in [1.29, 1.82) is 0 Å². The van der Waals surface area contributed by atoms with Crippen LogP contribution in [0.1, 0.15) is 62.0 Å². The number of fused-ring (bicyclic) bond motifs is 1. The molecule has 0 spiro atoms. The molecule has 1 aromatic carbocycles. The summed E-state index contributed by atoms with van der Waals surface area (Å²) in [6.45, 7) is 0. The summed E-state index contributed by atoms with van der Waals surface area (Å²) in [4.78, 5) is 0. The highest BCUT2D eigenvalue weighted by atomic mass is 16.3. The Morgan fingerprint density at radius 1 is 0.944 bits per heavy atom. The number of rotatable bonds is 2. The predicted molar refractivity (Wildman–Crippen MR) is 74.7 cm³/mol. The molecule has 1 heteroatoms. The molecule has 2 unspecified atom stereocenters. The Balaban J connectivity index is 1.80. The molecule has 0 aliphatic heterocycles. The molecule has 0 saturated heterocycles. The third-order valence-corrected chi connectivity index (χ3v) is 4.96. The smallest absolute Gasteiger partial charge is 0.0636 e. The van der Waals surface area contributed by atoms with E-state index in [1.54, 1.807) is 0 Å². The van der Waals surface area contributed by atoms with Gasteiger partial charge in [0.25, 0.3) is 0 Å². The molecule has 0 radical (unpaired) electrons. The molecule has 0 amide bonds. The number of aliphatic hydroxyl groups is 1. The van der Waals surface area contributed by atoms with Gasteiger partial charge in [-0.1, -0.05) is 43.5 Å². The Kier molecular flexibility index (Phi) is 3.69. The van der Waals surface area contributed by atoms with Crippen molar-refractivity contribution < 1.29 is 5.11 Å². The standard InChI is InChI=1S/C17H24O/c18-17(14-8-2-1-3-9-14)16-12-6-10-13-7-4-5-11-15(13)16/h4-5,7,11,14,16-18H,1-3,6,8-10,12H2. The Morgan fingerprint density at radius 3 is 2.56 bits per heavy atom. The monoisotopic (exact) mass is 244 g/mol. The molecule has 98 valence electrons. The van der Waals surface area contributed by atoms with E-state index in [9.17, 15) is 5.11 Å². The van der Waals surface area contributed by atoms with Gasteiger partial charge in [0.2, 0.25) is 0 Å². The predicted octanol–water partition coefficient (Wildman–Crippen LogP) is 4.05. The summed E-state index contributed by atoms with van der Waals surface area (Å²) in [6, 6.07) is 8.75. The maximum atomic E-state index is 10.7. The molecule has 2 aliphatic rings. The van der Waals surface area contributed by atoms with E-state index in [1.165, 1.54) is 62.5 Å². The molecular weight excluding hydrogens is 220 g/mol. The maximum absolute atomic E-state index is 10.7. The number of aryl methyl sites for hydroxylation is 1. The lowest BCUT2D eigenvalue weighted by Crippen LogP contribution is -2.31. The van der Waals surface area contributed by atoms with Crippen molar-refractivity contribution >= 4 is 0 Å². The van der Waals surface area contributed by atoms with E-state index in [1.807, 2.05) is 0 Å². The van der Waals surface area contributed by atoms with E-state index < -0.39 is 0 Å². The Labute approximate surface area is 110 Å². The van der Waals surface area contributed by atoms with E-state index >= 15 is 0 Å². The summed E-state index contributed by atoms with van der Waals surface area (Å²) >= 11 is 0. The summed E-state index contributed by atoms with van der Waals surface area (Å²) in [7, 11) is 0. The fourth-order valence-corrected chi connectivity index (χ4v) is 3.95. The third-order valence-electron chi connectivity index (χ3n) is 4.96. The van der Waals surface area contributed by atoms with Gasteiger partial charge in [-0.05, 0) is 49.1 Å². The molecule has 1 aromatic rings. The maximum Gasteiger partial charge on any atom is 0.0636 e. The lowest BCUT2D eigenvalue weighted by Gasteiger charge is -2.35. The van der Waals surface area contributed by atoms with Crippen LogP contribution in [-0.4, -0.2) is 11.2 Å². The van der Waals surface area contributed by atoms with Gasteiger partial charge in [-0.2, -0.15) is 0 Å². The van der Waals surface area contributed by atoms with Crippen molar-refractivity contribution in [2.24, 2.45) is 5.92 Å². The van der Waals surface area contributed by atoms with Crippen LogP contribution in [0.5, 0.6) is 0 Å². The summed E-state index contributed by atoms with van der Waals surface area (Å²) in [5.74, 6) is 0.952. The first-order valence-electron chi connectivity index (χ1n) is 7.62. The molecule has 0 heterocycles. The minimum Gasteiger partial charge on any atom is -0.392 e. The van der Waals surface area contributed by atoms with Crippen LogP contribution in [0.2, 0.25) is 0 Å². The molecular formula is C17H24O. The third kappa shape index (κ3) is 2.33. The lowest BCUT2D eigenvalue weighted by atomic mass is 9.73. The average Bonchev–Trinajstić information content (AvgIpc) is 2.47. The van der Waals surface area contributed by atoms with Crippen molar-refractivity contribution in [3.63, 3.8) is 0 Å². The molecule has 0 bridgehead atoms. The van der Waals surface area contributed by atoms with Gasteiger partial charge < -0.3 is 5.11 Å². The van der Waals surface area contributed by atoms with E-state index in [-0.39, 0.29) is 6.10 Å². The van der Waals surface area contributed by atoms with Crippen molar-refractivity contribution in [1.82, 2.24) is 0 Å². The Morgan fingerprint density at radius 2 is 1.72 bits per heavy atom. The highest BCUT2D eigenvalue weighted by Gasteiger charge is 2.32. The van der Waals surface area contributed by atoms with Crippen LogP contribution in [-0.2, 0) is 6.42 Å². The number of hydrogen-bond donors (Lipinski definition) is 1. The fourth-order valence-electron chi connectivity index (χ4n) is 3.95. The van der Waals surface area contributed by atoms with Gasteiger partial charge >= 0.3 is 0 Å². The van der Waals surface area contributed by atoms with Crippen LogP contribution in [0.25, 0.3) is 0 Å². The highest BCUT2D eigenvalue weighted by Crippen LogP contribution is 2.39. The molecule has 2 aliphatic carbocycles. The SMILES string of the molecule is OC(C1CCCCC1)C1CCCc2ccccc21. The normalized spacial score (nSPS) is 26.6. The van der Waals surface area contributed by atoms with Gasteiger partial charge in [-0.25, -0.2) is 0 Å². The molecule has 0 aromatic heterocycles. The summed E-state index contributed by atoms with van der Waals surface area (Å²) in [6.07, 6.45) is 9.98. The van der Waals surface area contributed by atoms with Crippen LogP contribution in [0, 0.1) is 5.92 Å². The van der Waals surface area contributed by atoms with E-state index in [2.05, 4.69) is 24.3 Å². The van der Waals surface area contributed by atoms with E-state index in [0.717, 1.165) is 0 Å². The first-order valence-corrected chi connectivity index (χ1v) is 7.62. The number of aliphatic hydroxyl groups excluding tert-OH is 1. The van der Waals surface area contributed by atoms with Gasteiger partial charge in [0, 0.05) is 5.92 Å². The minimum atomic E-state index is -0.105. The summed E-state index contributed by atoms with van der Waals surface area (Å²) < 4.78 is 0. The second kappa shape index (κ2) is 5.44. The van der Waals surface area contributed by atoms with Crippen LogP contribution >= 0.6 is 0 Å². The van der Waals surface area contributed by atoms with Gasteiger partial charge in [0.15, 0.2) is 0 Å². The van der Waals surface area contributed by atoms with Gasteiger partial charge in [-0.15, -0.1) is 0 Å². The van der Waals surface area contributed by atoms with Crippen molar-refractivity contribution in [3.8, 4) is 0 Å². The Bertz CT molecular complexity index is 392. The van der Waals surface area contributed by atoms with Crippen LogP contribution in [0.3, 0.4) is 0 Å². The quantitative estimate of drug-likeness (QED) is 0.832. The van der Waals surface area contributed by atoms with Gasteiger partial charge in [0.05, 0.1) is 6.10 Å². The molecule has 3 rings (SSSR count). The second-order valence-electron chi connectivity index (χ2n) is 6.09. The molecule has 1 saturated carbocycles. The molecule has 18 heavy (non-hydrogen) atoms. The molecule has 1 nitrogen and oxygen atoms in total. The largest absolute Gasteiger partial charge is 0.392 e. The van der Waals surface area contributed by atoms with E-state index in [0.29, 0.717) is 11.8 Å². The molecule has 1 fully saturated rings. The Hall–Kier alpha value is -0.820. The zero-order valence-corrected chi connectivity index (χ0v) is 11.1. The molecule has 2 atom stereocenters. The van der Waals surface area contributed by atoms with E-state index in [4.69, 9.17) is 0 Å². The number of hydrogen-bond acceptors (Lipinski definition) is 1. The number of benzene rings is 1. The first-order chi connectivity index (χ1) is 8.86. The van der Waals surface area contributed by atoms with Gasteiger partial charge in [-0.3, -0.25) is 0 Å². The average molecular weight is 244 g/mol. The highest BCUT2D eigenvalue weighted by molar-refractivity contribution is 5.33.